The van der Waals surface area contributed by atoms with E-state index in [1.54, 1.807) is 6.92 Å². The molecule has 0 aliphatic carbocycles. The van der Waals surface area contributed by atoms with E-state index in [1.807, 2.05) is 4.90 Å². The van der Waals surface area contributed by atoms with Crippen molar-refractivity contribution in [2.24, 2.45) is 11.7 Å². The molecule has 1 amide bonds. The molecule has 1 aliphatic rings. The maximum Gasteiger partial charge on any atom is 0.219 e. The summed E-state index contributed by atoms with van der Waals surface area (Å²) in [4.78, 5) is 13.4. The number of amides is 1. The van der Waals surface area contributed by atoms with Crippen LogP contribution in [0.3, 0.4) is 0 Å². The molecular weight excluding hydrogens is 172 g/mol. The highest BCUT2D eigenvalue weighted by molar-refractivity contribution is 7.80. The van der Waals surface area contributed by atoms with Gasteiger partial charge in [-0.3, -0.25) is 4.79 Å². The molecule has 1 rings (SSSR count). The topological polar surface area (TPSA) is 46.3 Å². The normalized spacial score (nSPS) is 23.8. The molecule has 0 saturated carbocycles. The van der Waals surface area contributed by atoms with E-state index in [-0.39, 0.29) is 11.8 Å². The van der Waals surface area contributed by atoms with Gasteiger partial charge >= 0.3 is 0 Å². The van der Waals surface area contributed by atoms with Gasteiger partial charge in [0, 0.05) is 25.9 Å². The first-order valence-corrected chi connectivity index (χ1v) is 4.57. The summed E-state index contributed by atoms with van der Waals surface area (Å²) in [7, 11) is 0. The van der Waals surface area contributed by atoms with Crippen molar-refractivity contribution >= 4 is 23.1 Å². The summed E-state index contributed by atoms with van der Waals surface area (Å²) < 4.78 is 0. The highest BCUT2D eigenvalue weighted by Gasteiger charge is 2.22. The Bertz CT molecular complexity index is 185. The summed E-state index contributed by atoms with van der Waals surface area (Å²) in [6, 6.07) is 0. The molecule has 0 aromatic carbocycles. The number of hydrogen-bond donors (Lipinski definition) is 1. The van der Waals surface area contributed by atoms with Crippen LogP contribution in [0.25, 0.3) is 0 Å². The van der Waals surface area contributed by atoms with Gasteiger partial charge in [-0.15, -0.1) is 0 Å². The van der Waals surface area contributed by atoms with Crippen molar-refractivity contribution in [1.82, 2.24) is 4.90 Å². The van der Waals surface area contributed by atoms with Gasteiger partial charge in [0.05, 0.1) is 4.99 Å². The molecule has 0 aromatic heterocycles. The summed E-state index contributed by atoms with van der Waals surface area (Å²) in [5, 5.41) is 0. The van der Waals surface area contributed by atoms with Crippen molar-refractivity contribution in [2.75, 3.05) is 13.1 Å². The predicted molar refractivity (Wildman–Crippen MR) is 51.8 cm³/mol. The van der Waals surface area contributed by atoms with Gasteiger partial charge < -0.3 is 10.6 Å². The van der Waals surface area contributed by atoms with Crippen molar-refractivity contribution in [3.63, 3.8) is 0 Å². The van der Waals surface area contributed by atoms with E-state index in [0.717, 1.165) is 19.4 Å². The average Bonchev–Trinajstić information content (AvgIpc) is 2.04. The number of likely N-dealkylation sites (tertiary alicyclic amines) is 1. The Kier molecular flexibility index (Phi) is 3.03. The lowest BCUT2D eigenvalue weighted by molar-refractivity contribution is -0.130. The van der Waals surface area contributed by atoms with Crippen molar-refractivity contribution in [3.05, 3.63) is 0 Å². The summed E-state index contributed by atoms with van der Waals surface area (Å²) in [6.07, 6.45) is 2.04. The Hall–Kier alpha value is -0.640. The molecule has 1 fully saturated rings. The molecule has 0 bridgehead atoms. The smallest absolute Gasteiger partial charge is 0.219 e. The molecule has 1 heterocycles. The van der Waals surface area contributed by atoms with Crippen molar-refractivity contribution in [2.45, 2.75) is 19.8 Å². The number of nitrogens with two attached hydrogens (primary N) is 1. The van der Waals surface area contributed by atoms with Crippen LogP contribution in [0.2, 0.25) is 0 Å². The Labute approximate surface area is 77.9 Å². The number of hydrogen-bond acceptors (Lipinski definition) is 2. The molecular formula is C8H14N2OS. The molecule has 0 radical (unpaired) electrons. The van der Waals surface area contributed by atoms with Gasteiger partial charge in [0.15, 0.2) is 0 Å². The second kappa shape index (κ2) is 3.85. The largest absolute Gasteiger partial charge is 0.393 e. The first-order valence-electron chi connectivity index (χ1n) is 4.16. The van der Waals surface area contributed by atoms with Crippen LogP contribution in [0.5, 0.6) is 0 Å². The van der Waals surface area contributed by atoms with Crippen LogP contribution in [0.15, 0.2) is 0 Å². The number of rotatable bonds is 1. The van der Waals surface area contributed by atoms with E-state index in [4.69, 9.17) is 18.0 Å². The highest BCUT2D eigenvalue weighted by Crippen LogP contribution is 2.16. The minimum Gasteiger partial charge on any atom is -0.393 e. The lowest BCUT2D eigenvalue weighted by Gasteiger charge is -2.31. The molecule has 0 spiro atoms. The summed E-state index contributed by atoms with van der Waals surface area (Å²) >= 11 is 4.89. The van der Waals surface area contributed by atoms with Crippen molar-refractivity contribution in [1.29, 1.82) is 0 Å². The minimum atomic E-state index is 0.121. The minimum absolute atomic E-state index is 0.121. The number of thiocarbonyl (C=S) groups is 1. The number of carbonyl (C=O) groups excluding carboxylic acids is 1. The first kappa shape index (κ1) is 9.45. The second-order valence-corrected chi connectivity index (χ2v) is 3.68. The number of carbonyl (C=O) groups is 1. The molecule has 3 nitrogen and oxygen atoms in total. The van der Waals surface area contributed by atoms with Gasteiger partial charge in [-0.1, -0.05) is 12.2 Å². The van der Waals surface area contributed by atoms with E-state index in [1.165, 1.54) is 0 Å². The number of piperidine rings is 1. The molecule has 4 heteroatoms. The van der Waals surface area contributed by atoms with Crippen LogP contribution in [0, 0.1) is 5.92 Å². The van der Waals surface area contributed by atoms with Crippen molar-refractivity contribution < 1.29 is 4.79 Å². The lowest BCUT2D eigenvalue weighted by atomic mass is 9.98. The summed E-state index contributed by atoms with van der Waals surface area (Å²) in [5.41, 5.74) is 5.52. The summed E-state index contributed by atoms with van der Waals surface area (Å²) in [5.74, 6) is 0.355. The van der Waals surface area contributed by atoms with Gasteiger partial charge in [0.2, 0.25) is 5.91 Å². The molecule has 1 atom stereocenters. The van der Waals surface area contributed by atoms with Crippen LogP contribution < -0.4 is 5.73 Å². The zero-order valence-electron chi connectivity index (χ0n) is 7.25. The Morgan fingerprint density at radius 1 is 1.67 bits per heavy atom. The first-order chi connectivity index (χ1) is 5.61. The van der Waals surface area contributed by atoms with Gasteiger partial charge in [-0.2, -0.15) is 0 Å². The number of nitrogens with zero attached hydrogens (tertiary/aromatic N) is 1. The second-order valence-electron chi connectivity index (χ2n) is 3.21. The lowest BCUT2D eigenvalue weighted by Crippen LogP contribution is -2.42. The zero-order valence-corrected chi connectivity index (χ0v) is 8.06. The molecule has 1 saturated heterocycles. The van der Waals surface area contributed by atoms with Crippen LogP contribution in [0.1, 0.15) is 19.8 Å². The average molecular weight is 186 g/mol. The predicted octanol–water partition coefficient (Wildman–Crippen LogP) is 0.531. The van der Waals surface area contributed by atoms with E-state index >= 15 is 0 Å². The maximum atomic E-state index is 11.0. The molecule has 0 aromatic rings. The monoisotopic (exact) mass is 186 g/mol. The van der Waals surface area contributed by atoms with Crippen LogP contribution in [-0.4, -0.2) is 28.9 Å². The van der Waals surface area contributed by atoms with Crippen LogP contribution >= 0.6 is 12.2 Å². The fourth-order valence-corrected chi connectivity index (χ4v) is 1.69. The highest BCUT2D eigenvalue weighted by atomic mass is 32.1. The fraction of sp³-hybridized carbons (Fsp3) is 0.750. The van der Waals surface area contributed by atoms with E-state index in [0.29, 0.717) is 11.5 Å². The third-order valence-corrected chi connectivity index (χ3v) is 2.60. The van der Waals surface area contributed by atoms with E-state index in [2.05, 4.69) is 0 Å². The van der Waals surface area contributed by atoms with Gasteiger partial charge in [-0.05, 0) is 12.8 Å². The standard InChI is InChI=1S/C8H14N2OS/c1-6(11)10-4-2-3-7(5-10)8(9)12/h7H,2-5H2,1H3,(H2,9,12). The molecule has 1 aliphatic heterocycles. The van der Waals surface area contributed by atoms with Crippen LogP contribution in [-0.2, 0) is 4.79 Å². The fourth-order valence-electron chi connectivity index (χ4n) is 1.50. The Morgan fingerprint density at radius 3 is 2.83 bits per heavy atom. The molecule has 12 heavy (non-hydrogen) atoms. The third-order valence-electron chi connectivity index (χ3n) is 2.27. The Balaban J connectivity index is 2.51. The molecule has 1 unspecified atom stereocenters. The van der Waals surface area contributed by atoms with Crippen molar-refractivity contribution in [3.8, 4) is 0 Å². The SMILES string of the molecule is CC(=O)N1CCCC(C(N)=S)C1. The Morgan fingerprint density at radius 2 is 2.33 bits per heavy atom. The molecule has 2 N–H and O–H groups in total. The quantitative estimate of drug-likeness (QED) is 0.608. The van der Waals surface area contributed by atoms with E-state index in [9.17, 15) is 4.79 Å². The maximum absolute atomic E-state index is 11.0. The molecule has 68 valence electrons. The van der Waals surface area contributed by atoms with Crippen LogP contribution in [0.4, 0.5) is 0 Å². The van der Waals surface area contributed by atoms with E-state index < -0.39 is 0 Å². The van der Waals surface area contributed by atoms with Gasteiger partial charge in [-0.25, -0.2) is 0 Å². The third kappa shape index (κ3) is 2.17. The summed E-state index contributed by atoms with van der Waals surface area (Å²) in [6.45, 7) is 3.15. The zero-order chi connectivity index (χ0) is 9.14. The van der Waals surface area contributed by atoms with Gasteiger partial charge in [0.25, 0.3) is 0 Å². The van der Waals surface area contributed by atoms with Gasteiger partial charge in [0.1, 0.15) is 0 Å².